The average molecular weight is 505 g/mol. The van der Waals surface area contributed by atoms with E-state index in [9.17, 15) is 4.39 Å². The Bertz CT molecular complexity index is 1280. The van der Waals surface area contributed by atoms with Gasteiger partial charge in [0.1, 0.15) is 23.1 Å². The molecule has 1 aliphatic rings. The van der Waals surface area contributed by atoms with Crippen molar-refractivity contribution in [2.75, 3.05) is 32.8 Å². The Labute approximate surface area is 205 Å². The highest BCUT2D eigenvalue weighted by Gasteiger charge is 2.19. The van der Waals surface area contributed by atoms with Crippen molar-refractivity contribution in [1.82, 2.24) is 29.9 Å². The second-order valence-electron chi connectivity index (χ2n) is 8.12. The van der Waals surface area contributed by atoms with Gasteiger partial charge in [-0.1, -0.05) is 23.2 Å². The lowest BCUT2D eigenvalue weighted by Crippen LogP contribution is -2.38. The van der Waals surface area contributed by atoms with Crippen molar-refractivity contribution in [2.24, 2.45) is 0 Å². The number of nitrogens with one attached hydrogen (secondary N) is 1. The Kier molecular flexibility index (Phi) is 6.69. The molecule has 0 radical (unpaired) electrons. The Morgan fingerprint density at radius 3 is 2.68 bits per heavy atom. The van der Waals surface area contributed by atoms with E-state index < -0.39 is 11.9 Å². The molecular formula is C23H23Cl2FN6O2. The summed E-state index contributed by atoms with van der Waals surface area (Å²) in [6.07, 6.45) is 6.13. The first-order valence-electron chi connectivity index (χ1n) is 11.0. The van der Waals surface area contributed by atoms with Gasteiger partial charge in [0.2, 0.25) is 0 Å². The monoisotopic (exact) mass is 504 g/mol. The zero-order valence-electron chi connectivity index (χ0n) is 18.5. The van der Waals surface area contributed by atoms with Crippen LogP contribution in [0.4, 0.5) is 4.39 Å². The third kappa shape index (κ3) is 4.74. The Morgan fingerprint density at radius 2 is 1.91 bits per heavy atom. The number of H-pyrrole nitrogens is 1. The van der Waals surface area contributed by atoms with Crippen molar-refractivity contribution in [1.29, 1.82) is 0 Å². The summed E-state index contributed by atoms with van der Waals surface area (Å²) in [4.78, 5) is 6.30. The molecule has 0 aliphatic carbocycles. The quantitative estimate of drug-likeness (QED) is 0.391. The van der Waals surface area contributed by atoms with Crippen molar-refractivity contribution >= 4 is 34.1 Å². The second kappa shape index (κ2) is 9.87. The first-order chi connectivity index (χ1) is 16.5. The standard InChI is InChI=1S/C23H23Cl2FN6O2/c1-14(21-18(24)11-27-12-19(21)25)34-16-8-17-22(29-30-23(17)20(26)9-16)15-10-28-32(13-15)3-2-31-4-6-33-7-5-31/h8-14H,2-7H2,1H3,(H,29,30)/t14-/m1/s1. The molecule has 1 aliphatic heterocycles. The van der Waals surface area contributed by atoms with Crippen LogP contribution in [0.5, 0.6) is 5.75 Å². The van der Waals surface area contributed by atoms with Crippen LogP contribution in [0, 0.1) is 5.82 Å². The predicted octanol–water partition coefficient (Wildman–Crippen LogP) is 4.74. The smallest absolute Gasteiger partial charge is 0.152 e. The molecule has 178 valence electrons. The van der Waals surface area contributed by atoms with E-state index in [0.717, 1.165) is 45.0 Å². The number of hydrogen-bond acceptors (Lipinski definition) is 6. The van der Waals surface area contributed by atoms with Gasteiger partial charge in [-0.25, -0.2) is 4.39 Å². The van der Waals surface area contributed by atoms with Gasteiger partial charge in [-0.2, -0.15) is 10.2 Å². The summed E-state index contributed by atoms with van der Waals surface area (Å²) in [5.74, 6) is -0.131. The van der Waals surface area contributed by atoms with Gasteiger partial charge in [0.05, 0.1) is 36.0 Å². The third-order valence-corrected chi connectivity index (χ3v) is 6.47. The Balaban J connectivity index is 1.38. The minimum absolute atomic E-state index is 0.302. The zero-order valence-corrected chi connectivity index (χ0v) is 20.0. The van der Waals surface area contributed by atoms with Crippen molar-refractivity contribution in [3.8, 4) is 17.0 Å². The van der Waals surface area contributed by atoms with Gasteiger partial charge < -0.3 is 9.47 Å². The molecule has 1 saturated heterocycles. The average Bonchev–Trinajstić information content (AvgIpc) is 3.45. The van der Waals surface area contributed by atoms with Gasteiger partial charge in [0.25, 0.3) is 0 Å². The number of hydrogen-bond donors (Lipinski definition) is 1. The number of aromatic amines is 1. The highest BCUT2D eigenvalue weighted by Crippen LogP contribution is 2.35. The molecule has 34 heavy (non-hydrogen) atoms. The van der Waals surface area contributed by atoms with Gasteiger partial charge in [0.15, 0.2) is 5.82 Å². The number of pyridine rings is 1. The van der Waals surface area contributed by atoms with Crippen LogP contribution in [-0.4, -0.2) is 62.7 Å². The number of nitrogens with zero attached hydrogens (tertiary/aromatic N) is 5. The summed E-state index contributed by atoms with van der Waals surface area (Å²) in [7, 11) is 0. The van der Waals surface area contributed by atoms with Crippen LogP contribution in [0.15, 0.2) is 36.9 Å². The predicted molar refractivity (Wildman–Crippen MR) is 128 cm³/mol. The summed E-state index contributed by atoms with van der Waals surface area (Å²) >= 11 is 12.5. The lowest BCUT2D eigenvalue weighted by molar-refractivity contribution is 0.0360. The number of rotatable bonds is 7. The number of ether oxygens (including phenoxy) is 2. The van der Waals surface area contributed by atoms with E-state index in [0.29, 0.717) is 38.0 Å². The normalized spacial score (nSPS) is 15.6. The van der Waals surface area contributed by atoms with E-state index in [2.05, 4.69) is 25.2 Å². The SMILES string of the molecule is C[C@@H](Oc1cc(F)c2[nH]nc(-c3cnn(CCN4CCOCC4)c3)c2c1)c1c(Cl)cncc1Cl. The number of morpholine rings is 1. The molecule has 1 fully saturated rings. The number of fused-ring (bicyclic) bond motifs is 1. The Morgan fingerprint density at radius 1 is 1.15 bits per heavy atom. The van der Waals surface area contributed by atoms with Crippen LogP contribution in [0.2, 0.25) is 10.0 Å². The van der Waals surface area contributed by atoms with E-state index in [1.165, 1.54) is 18.5 Å². The highest BCUT2D eigenvalue weighted by molar-refractivity contribution is 6.35. The third-order valence-electron chi connectivity index (χ3n) is 5.86. The minimum Gasteiger partial charge on any atom is -0.486 e. The molecule has 5 rings (SSSR count). The second-order valence-corrected chi connectivity index (χ2v) is 8.94. The van der Waals surface area contributed by atoms with E-state index in [-0.39, 0.29) is 0 Å². The van der Waals surface area contributed by atoms with Crippen LogP contribution >= 0.6 is 23.2 Å². The maximum absolute atomic E-state index is 14.9. The van der Waals surface area contributed by atoms with Crippen molar-refractivity contribution in [3.05, 3.63) is 58.3 Å². The largest absolute Gasteiger partial charge is 0.486 e. The molecule has 11 heteroatoms. The topological polar surface area (TPSA) is 81.1 Å². The molecular weight excluding hydrogens is 482 g/mol. The number of halogens is 3. The van der Waals surface area contributed by atoms with Crippen LogP contribution in [0.1, 0.15) is 18.6 Å². The van der Waals surface area contributed by atoms with Crippen LogP contribution in [0.25, 0.3) is 22.2 Å². The summed E-state index contributed by atoms with van der Waals surface area (Å²) in [5.41, 5.74) is 2.28. The lowest BCUT2D eigenvalue weighted by Gasteiger charge is -2.26. The summed E-state index contributed by atoms with van der Waals surface area (Å²) in [6.45, 7) is 6.80. The lowest BCUT2D eigenvalue weighted by atomic mass is 10.1. The fourth-order valence-electron chi connectivity index (χ4n) is 4.09. The van der Waals surface area contributed by atoms with E-state index in [1.54, 1.807) is 19.2 Å². The van der Waals surface area contributed by atoms with Crippen molar-refractivity contribution < 1.29 is 13.9 Å². The van der Waals surface area contributed by atoms with Crippen molar-refractivity contribution in [2.45, 2.75) is 19.6 Å². The molecule has 4 aromatic rings. The molecule has 4 heterocycles. The van der Waals surface area contributed by atoms with Gasteiger partial charge >= 0.3 is 0 Å². The van der Waals surface area contributed by atoms with E-state index >= 15 is 0 Å². The molecule has 1 N–H and O–H groups in total. The first-order valence-corrected chi connectivity index (χ1v) is 11.7. The molecule has 1 aromatic carbocycles. The van der Waals surface area contributed by atoms with Gasteiger partial charge in [-0.05, 0) is 13.0 Å². The van der Waals surface area contributed by atoms with E-state index in [4.69, 9.17) is 32.7 Å². The van der Waals surface area contributed by atoms with Gasteiger partial charge in [-0.3, -0.25) is 19.7 Å². The molecule has 3 aromatic heterocycles. The highest BCUT2D eigenvalue weighted by atomic mass is 35.5. The Hall–Kier alpha value is -2.72. The zero-order chi connectivity index (χ0) is 23.7. The maximum atomic E-state index is 14.9. The van der Waals surface area contributed by atoms with Crippen LogP contribution in [-0.2, 0) is 11.3 Å². The molecule has 0 bridgehead atoms. The minimum atomic E-state index is -0.516. The van der Waals surface area contributed by atoms with Gasteiger partial charge in [0, 0.05) is 60.8 Å². The molecule has 0 amide bonds. The van der Waals surface area contributed by atoms with Crippen molar-refractivity contribution in [3.63, 3.8) is 0 Å². The summed E-state index contributed by atoms with van der Waals surface area (Å²) < 4.78 is 28.1. The maximum Gasteiger partial charge on any atom is 0.152 e. The molecule has 0 spiro atoms. The van der Waals surface area contributed by atoms with Crippen LogP contribution < -0.4 is 4.74 Å². The molecule has 8 nitrogen and oxygen atoms in total. The molecule has 1 atom stereocenters. The number of aromatic nitrogens is 5. The fraction of sp³-hybridized carbons (Fsp3) is 0.348. The molecule has 0 unspecified atom stereocenters. The number of benzene rings is 1. The first kappa shape index (κ1) is 23.0. The molecule has 0 saturated carbocycles. The summed E-state index contributed by atoms with van der Waals surface area (Å²) in [6, 6.07) is 3.07. The van der Waals surface area contributed by atoms with Gasteiger partial charge in [-0.15, -0.1) is 0 Å². The summed E-state index contributed by atoms with van der Waals surface area (Å²) in [5, 5.41) is 13.0. The van der Waals surface area contributed by atoms with Crippen LogP contribution in [0.3, 0.4) is 0 Å². The van der Waals surface area contributed by atoms with E-state index in [1.807, 2.05) is 10.9 Å². The fourth-order valence-corrected chi connectivity index (χ4v) is 4.76.